The highest BCUT2D eigenvalue weighted by atomic mass is 16.2. The Morgan fingerprint density at radius 3 is 2.62 bits per heavy atom. The number of nitrogens with two attached hydrogens (primary N) is 1. The highest BCUT2D eigenvalue weighted by Gasteiger charge is 2.38. The van der Waals surface area contributed by atoms with Crippen molar-refractivity contribution in [3.63, 3.8) is 0 Å². The minimum Gasteiger partial charge on any atom is -0.394 e. The van der Waals surface area contributed by atoms with E-state index in [-0.39, 0.29) is 11.5 Å². The molecule has 1 aromatic heterocycles. The molecule has 130 valence electrons. The van der Waals surface area contributed by atoms with E-state index < -0.39 is 0 Å². The van der Waals surface area contributed by atoms with Gasteiger partial charge in [-0.1, -0.05) is 0 Å². The number of pyridine rings is 1. The van der Waals surface area contributed by atoms with Crippen LogP contribution in [-0.2, 0) is 11.3 Å². The van der Waals surface area contributed by atoms with Crippen molar-refractivity contribution in [2.75, 3.05) is 31.9 Å². The Morgan fingerprint density at radius 2 is 1.92 bits per heavy atom. The number of rotatable bonds is 1. The average Bonchev–Trinajstić information content (AvgIpc) is 2.58. The standard InChI is InChI=1S/C18H26N4O2/c1-12(23)20-6-4-15(5-7-20)21-9-13-8-14(11-21)17-3-2-16(19)18(24)22(17)10-13/h2-3,13-15H,4-11,19H2,1H3/t13-,14-/m1/s1. The van der Waals surface area contributed by atoms with Crippen molar-refractivity contribution in [3.8, 4) is 0 Å². The average molecular weight is 330 g/mol. The summed E-state index contributed by atoms with van der Waals surface area (Å²) in [5.74, 6) is 1.15. The SMILES string of the molecule is CC(=O)N1CCC(N2C[C@H]3C[C@H](C2)c2ccc(N)c(=O)n2C3)CC1. The van der Waals surface area contributed by atoms with Crippen LogP contribution in [0.25, 0.3) is 0 Å². The summed E-state index contributed by atoms with van der Waals surface area (Å²) in [7, 11) is 0. The molecule has 3 aliphatic rings. The minimum atomic E-state index is -0.0228. The topological polar surface area (TPSA) is 71.6 Å². The van der Waals surface area contributed by atoms with Gasteiger partial charge in [-0.25, -0.2) is 0 Å². The number of fused-ring (bicyclic) bond motifs is 4. The number of anilines is 1. The normalized spacial score (nSPS) is 27.8. The summed E-state index contributed by atoms with van der Waals surface area (Å²) < 4.78 is 1.91. The molecule has 6 nitrogen and oxygen atoms in total. The molecular weight excluding hydrogens is 304 g/mol. The van der Waals surface area contributed by atoms with Gasteiger partial charge in [0.15, 0.2) is 0 Å². The van der Waals surface area contributed by atoms with Crippen LogP contribution in [0.5, 0.6) is 0 Å². The summed E-state index contributed by atoms with van der Waals surface area (Å²) in [5.41, 5.74) is 7.28. The van der Waals surface area contributed by atoms with E-state index in [9.17, 15) is 9.59 Å². The van der Waals surface area contributed by atoms with Gasteiger partial charge in [0.05, 0.1) is 5.69 Å². The van der Waals surface area contributed by atoms with Gasteiger partial charge in [0, 0.05) is 57.3 Å². The Balaban J connectivity index is 1.50. The summed E-state index contributed by atoms with van der Waals surface area (Å²) in [6.07, 6.45) is 3.30. The van der Waals surface area contributed by atoms with Gasteiger partial charge in [-0.05, 0) is 37.3 Å². The molecule has 1 aromatic rings. The van der Waals surface area contributed by atoms with Crippen molar-refractivity contribution in [2.24, 2.45) is 5.92 Å². The minimum absolute atomic E-state index is 0.0228. The zero-order valence-electron chi connectivity index (χ0n) is 14.3. The van der Waals surface area contributed by atoms with E-state index in [0.29, 0.717) is 23.6 Å². The zero-order valence-corrected chi connectivity index (χ0v) is 14.3. The van der Waals surface area contributed by atoms with Gasteiger partial charge in [-0.2, -0.15) is 0 Å². The van der Waals surface area contributed by atoms with E-state index in [1.54, 1.807) is 13.0 Å². The number of amides is 1. The first kappa shape index (κ1) is 15.7. The Morgan fingerprint density at radius 1 is 1.17 bits per heavy atom. The molecule has 2 N–H and O–H groups in total. The van der Waals surface area contributed by atoms with Crippen LogP contribution in [0.2, 0.25) is 0 Å². The molecule has 4 rings (SSSR count). The molecule has 2 atom stereocenters. The maximum atomic E-state index is 12.3. The lowest BCUT2D eigenvalue weighted by atomic mass is 9.82. The Hall–Kier alpha value is -1.82. The number of nitrogen functional groups attached to an aromatic ring is 1. The summed E-state index contributed by atoms with van der Waals surface area (Å²) in [4.78, 5) is 28.4. The molecular formula is C18H26N4O2. The number of hydrogen-bond donors (Lipinski definition) is 1. The second kappa shape index (κ2) is 5.92. The van der Waals surface area contributed by atoms with Gasteiger partial charge in [0.1, 0.15) is 0 Å². The third-order valence-corrected chi connectivity index (χ3v) is 6.09. The molecule has 3 aliphatic heterocycles. The Kier molecular flexibility index (Phi) is 3.87. The third kappa shape index (κ3) is 2.62. The number of carbonyl (C=O) groups is 1. The monoisotopic (exact) mass is 330 g/mol. The fraction of sp³-hybridized carbons (Fsp3) is 0.667. The van der Waals surface area contributed by atoms with E-state index >= 15 is 0 Å². The molecule has 0 aromatic carbocycles. The molecule has 2 fully saturated rings. The van der Waals surface area contributed by atoms with Crippen LogP contribution in [0.3, 0.4) is 0 Å². The fourth-order valence-electron chi connectivity index (χ4n) is 4.84. The van der Waals surface area contributed by atoms with Crippen LogP contribution in [-0.4, -0.2) is 52.5 Å². The number of piperidine rings is 2. The zero-order chi connectivity index (χ0) is 16.8. The summed E-state index contributed by atoms with van der Waals surface area (Å²) in [6, 6.07) is 4.37. The molecule has 4 heterocycles. The van der Waals surface area contributed by atoms with Crippen molar-refractivity contribution in [2.45, 2.75) is 44.7 Å². The smallest absolute Gasteiger partial charge is 0.273 e. The fourth-order valence-corrected chi connectivity index (χ4v) is 4.84. The summed E-state index contributed by atoms with van der Waals surface area (Å²) in [6.45, 7) is 6.27. The van der Waals surface area contributed by atoms with Gasteiger partial charge < -0.3 is 15.2 Å². The van der Waals surface area contributed by atoms with Crippen molar-refractivity contribution < 1.29 is 4.79 Å². The molecule has 6 heteroatoms. The molecule has 1 amide bonds. The van der Waals surface area contributed by atoms with Crippen molar-refractivity contribution in [3.05, 3.63) is 28.2 Å². The van der Waals surface area contributed by atoms with Crippen LogP contribution in [0, 0.1) is 5.92 Å². The maximum Gasteiger partial charge on any atom is 0.273 e. The lowest BCUT2D eigenvalue weighted by Gasteiger charge is -2.47. The lowest BCUT2D eigenvalue weighted by Crippen LogP contribution is -2.53. The van der Waals surface area contributed by atoms with Crippen LogP contribution >= 0.6 is 0 Å². The van der Waals surface area contributed by atoms with E-state index in [1.807, 2.05) is 15.5 Å². The molecule has 2 saturated heterocycles. The van der Waals surface area contributed by atoms with Crippen LogP contribution < -0.4 is 11.3 Å². The summed E-state index contributed by atoms with van der Waals surface area (Å²) in [5, 5.41) is 0. The van der Waals surface area contributed by atoms with Gasteiger partial charge in [-0.15, -0.1) is 0 Å². The van der Waals surface area contributed by atoms with Crippen molar-refractivity contribution >= 4 is 11.6 Å². The number of carbonyl (C=O) groups excluding carboxylic acids is 1. The molecule has 2 bridgehead atoms. The Labute approximate surface area is 142 Å². The number of nitrogens with zero attached hydrogens (tertiary/aromatic N) is 3. The van der Waals surface area contributed by atoms with Gasteiger partial charge >= 0.3 is 0 Å². The van der Waals surface area contributed by atoms with Crippen molar-refractivity contribution in [1.82, 2.24) is 14.4 Å². The predicted molar refractivity (Wildman–Crippen MR) is 92.8 cm³/mol. The van der Waals surface area contributed by atoms with E-state index in [2.05, 4.69) is 4.90 Å². The molecule has 0 unspecified atom stereocenters. The highest BCUT2D eigenvalue weighted by molar-refractivity contribution is 5.73. The first-order chi connectivity index (χ1) is 11.5. The van der Waals surface area contributed by atoms with E-state index in [4.69, 9.17) is 5.73 Å². The van der Waals surface area contributed by atoms with Gasteiger partial charge in [-0.3, -0.25) is 14.5 Å². The lowest BCUT2D eigenvalue weighted by molar-refractivity contribution is -0.130. The second-order valence-corrected chi connectivity index (χ2v) is 7.62. The molecule has 24 heavy (non-hydrogen) atoms. The number of aromatic nitrogens is 1. The quantitative estimate of drug-likeness (QED) is 0.829. The third-order valence-electron chi connectivity index (χ3n) is 6.09. The Bertz CT molecular complexity index is 705. The summed E-state index contributed by atoms with van der Waals surface area (Å²) >= 11 is 0. The predicted octanol–water partition coefficient (Wildman–Crippen LogP) is 0.861. The van der Waals surface area contributed by atoms with E-state index in [1.165, 1.54) is 6.42 Å². The number of likely N-dealkylation sites (tertiary alicyclic amines) is 2. The highest BCUT2D eigenvalue weighted by Crippen LogP contribution is 2.37. The first-order valence-electron chi connectivity index (χ1n) is 9.01. The second-order valence-electron chi connectivity index (χ2n) is 7.62. The molecule has 0 aliphatic carbocycles. The van der Waals surface area contributed by atoms with Crippen molar-refractivity contribution in [1.29, 1.82) is 0 Å². The van der Waals surface area contributed by atoms with Crippen LogP contribution in [0.1, 0.15) is 37.8 Å². The maximum absolute atomic E-state index is 12.3. The van der Waals surface area contributed by atoms with Gasteiger partial charge in [0.2, 0.25) is 5.91 Å². The molecule has 0 spiro atoms. The molecule has 0 saturated carbocycles. The van der Waals surface area contributed by atoms with Crippen LogP contribution in [0.4, 0.5) is 5.69 Å². The van der Waals surface area contributed by atoms with E-state index in [0.717, 1.165) is 51.3 Å². The number of hydrogen-bond acceptors (Lipinski definition) is 4. The molecule has 0 radical (unpaired) electrons. The van der Waals surface area contributed by atoms with Gasteiger partial charge in [0.25, 0.3) is 5.56 Å². The largest absolute Gasteiger partial charge is 0.394 e. The van der Waals surface area contributed by atoms with Crippen LogP contribution in [0.15, 0.2) is 16.9 Å². The first-order valence-corrected chi connectivity index (χ1v) is 9.01.